The summed E-state index contributed by atoms with van der Waals surface area (Å²) in [6.45, 7) is 6.67. The Bertz CT molecular complexity index is 741. The summed E-state index contributed by atoms with van der Waals surface area (Å²) in [6.07, 6.45) is 1.97. The maximum Gasteiger partial charge on any atom is 0.405 e. The third-order valence-corrected chi connectivity index (χ3v) is 4.74. The van der Waals surface area contributed by atoms with Gasteiger partial charge in [0.2, 0.25) is 0 Å². The van der Waals surface area contributed by atoms with Crippen LogP contribution >= 0.6 is 0 Å². The fourth-order valence-corrected chi connectivity index (χ4v) is 3.37. The second kappa shape index (κ2) is 6.31. The van der Waals surface area contributed by atoms with Crippen LogP contribution < -0.4 is 5.73 Å². The van der Waals surface area contributed by atoms with Crippen molar-refractivity contribution in [3.63, 3.8) is 0 Å². The smallest absolute Gasteiger partial charge is 0.405 e. The minimum Gasteiger partial charge on any atom is -0.442 e. The fourth-order valence-electron chi connectivity index (χ4n) is 3.37. The first kappa shape index (κ1) is 16.6. The van der Waals surface area contributed by atoms with Gasteiger partial charge in [0.1, 0.15) is 6.10 Å². The third kappa shape index (κ3) is 3.45. The third-order valence-electron chi connectivity index (χ3n) is 4.74. The van der Waals surface area contributed by atoms with Gasteiger partial charge in [0.15, 0.2) is 0 Å². The number of nitrogens with two attached hydrogens (primary N) is 1. The highest BCUT2D eigenvalue weighted by Crippen LogP contribution is 2.35. The Kier molecular flexibility index (Phi) is 4.35. The molecule has 0 fully saturated rings. The zero-order chi connectivity index (χ0) is 17.3. The van der Waals surface area contributed by atoms with Crippen LogP contribution in [-0.4, -0.2) is 6.09 Å². The van der Waals surface area contributed by atoms with Crippen molar-refractivity contribution >= 4 is 6.09 Å². The van der Waals surface area contributed by atoms with Crippen molar-refractivity contribution in [2.45, 2.75) is 51.6 Å². The van der Waals surface area contributed by atoms with Crippen LogP contribution in [0, 0.1) is 0 Å². The first-order valence-corrected chi connectivity index (χ1v) is 8.54. The van der Waals surface area contributed by atoms with Crippen molar-refractivity contribution in [1.82, 2.24) is 0 Å². The zero-order valence-corrected chi connectivity index (χ0v) is 14.6. The number of benzene rings is 2. The molecule has 3 nitrogen and oxygen atoms in total. The van der Waals surface area contributed by atoms with Gasteiger partial charge in [-0.05, 0) is 52.5 Å². The lowest BCUT2D eigenvalue weighted by Gasteiger charge is -2.25. The summed E-state index contributed by atoms with van der Waals surface area (Å²) in [6, 6.07) is 15.2. The summed E-state index contributed by atoms with van der Waals surface area (Å²) >= 11 is 0. The normalized spacial score (nSPS) is 17.2. The van der Waals surface area contributed by atoms with Gasteiger partial charge in [0.05, 0.1) is 0 Å². The number of carbonyl (C=O) groups excluding carboxylic acids is 1. The molecule has 2 N–H and O–H groups in total. The SMILES string of the molecule is CC(C)(C)c1ccc(-c2ccc3c(c2)CCCC3OC(N)=O)cc1. The molecule has 0 spiro atoms. The molecular weight excluding hydrogens is 298 g/mol. The molecule has 3 heteroatoms. The van der Waals surface area contributed by atoms with E-state index in [0.29, 0.717) is 0 Å². The molecule has 0 radical (unpaired) electrons. The van der Waals surface area contributed by atoms with Crippen molar-refractivity contribution in [1.29, 1.82) is 0 Å². The summed E-state index contributed by atoms with van der Waals surface area (Å²) in [7, 11) is 0. The number of fused-ring (bicyclic) bond motifs is 1. The van der Waals surface area contributed by atoms with Crippen LogP contribution in [0.2, 0.25) is 0 Å². The minimum absolute atomic E-state index is 0.160. The molecule has 1 aliphatic carbocycles. The monoisotopic (exact) mass is 323 g/mol. The van der Waals surface area contributed by atoms with Crippen molar-refractivity contribution in [3.8, 4) is 11.1 Å². The molecule has 1 aliphatic rings. The molecule has 0 aliphatic heterocycles. The maximum absolute atomic E-state index is 11.1. The number of primary amides is 1. The van der Waals surface area contributed by atoms with Gasteiger partial charge in [-0.1, -0.05) is 63.2 Å². The number of hydrogen-bond acceptors (Lipinski definition) is 2. The molecule has 0 heterocycles. The van der Waals surface area contributed by atoms with Gasteiger partial charge in [0, 0.05) is 0 Å². The summed E-state index contributed by atoms with van der Waals surface area (Å²) in [5.41, 5.74) is 11.4. The minimum atomic E-state index is -0.699. The first-order chi connectivity index (χ1) is 11.3. The van der Waals surface area contributed by atoms with Crippen LogP contribution in [-0.2, 0) is 16.6 Å². The molecule has 126 valence electrons. The highest BCUT2D eigenvalue weighted by atomic mass is 16.6. The predicted octanol–water partition coefficient (Wildman–Crippen LogP) is 5.12. The van der Waals surface area contributed by atoms with Crippen molar-refractivity contribution in [3.05, 3.63) is 59.2 Å². The lowest BCUT2D eigenvalue weighted by Crippen LogP contribution is -2.20. The molecule has 1 atom stereocenters. The van der Waals surface area contributed by atoms with E-state index in [2.05, 4.69) is 63.2 Å². The molecule has 24 heavy (non-hydrogen) atoms. The fraction of sp³-hybridized carbons (Fsp3) is 0.381. The quantitative estimate of drug-likeness (QED) is 0.833. The zero-order valence-electron chi connectivity index (χ0n) is 14.6. The molecule has 0 aromatic heterocycles. The van der Waals surface area contributed by atoms with Gasteiger partial charge in [-0.25, -0.2) is 4.79 Å². The highest BCUT2D eigenvalue weighted by molar-refractivity contribution is 5.67. The van der Waals surface area contributed by atoms with E-state index >= 15 is 0 Å². The lowest BCUT2D eigenvalue weighted by atomic mass is 9.85. The Hall–Kier alpha value is -2.29. The van der Waals surface area contributed by atoms with E-state index in [1.165, 1.54) is 22.3 Å². The van der Waals surface area contributed by atoms with Gasteiger partial charge >= 0.3 is 6.09 Å². The van der Waals surface area contributed by atoms with E-state index in [0.717, 1.165) is 24.8 Å². The highest BCUT2D eigenvalue weighted by Gasteiger charge is 2.23. The topological polar surface area (TPSA) is 52.3 Å². The standard InChI is InChI=1S/C21H25NO2/c1-21(2,3)17-10-7-14(8-11-17)15-9-12-18-16(13-15)5-4-6-19(18)24-20(22)23/h7-13,19H,4-6H2,1-3H3,(H2,22,23). The number of aryl methyl sites for hydroxylation is 1. The average Bonchev–Trinajstić information content (AvgIpc) is 2.53. The first-order valence-electron chi connectivity index (χ1n) is 8.54. The molecule has 0 bridgehead atoms. The second-order valence-corrected chi connectivity index (χ2v) is 7.56. The number of ether oxygens (including phenoxy) is 1. The van der Waals surface area contributed by atoms with Gasteiger partial charge < -0.3 is 10.5 Å². The molecule has 1 amide bonds. The Labute approximate surface area is 143 Å². The van der Waals surface area contributed by atoms with Crippen LogP contribution in [0.25, 0.3) is 11.1 Å². The average molecular weight is 323 g/mol. The van der Waals surface area contributed by atoms with E-state index in [1.54, 1.807) is 0 Å². The molecular formula is C21H25NO2. The van der Waals surface area contributed by atoms with Crippen LogP contribution in [0.5, 0.6) is 0 Å². The summed E-state index contributed by atoms with van der Waals surface area (Å²) in [5, 5.41) is 0. The second-order valence-electron chi connectivity index (χ2n) is 7.56. The molecule has 0 saturated carbocycles. The van der Waals surface area contributed by atoms with Crippen LogP contribution in [0.4, 0.5) is 4.79 Å². The summed E-state index contributed by atoms with van der Waals surface area (Å²) in [4.78, 5) is 11.1. The van der Waals surface area contributed by atoms with Crippen LogP contribution in [0.15, 0.2) is 42.5 Å². The molecule has 2 aromatic rings. The van der Waals surface area contributed by atoms with Crippen LogP contribution in [0.1, 0.15) is 56.4 Å². The Morgan fingerprint density at radius 1 is 1.08 bits per heavy atom. The Morgan fingerprint density at radius 3 is 2.38 bits per heavy atom. The van der Waals surface area contributed by atoms with Crippen molar-refractivity contribution in [2.75, 3.05) is 0 Å². The van der Waals surface area contributed by atoms with Crippen molar-refractivity contribution < 1.29 is 9.53 Å². The maximum atomic E-state index is 11.1. The van der Waals surface area contributed by atoms with Gasteiger partial charge in [-0.2, -0.15) is 0 Å². The van der Waals surface area contributed by atoms with Gasteiger partial charge in [-0.15, -0.1) is 0 Å². The van der Waals surface area contributed by atoms with E-state index in [1.807, 2.05) is 0 Å². The Balaban J connectivity index is 1.90. The van der Waals surface area contributed by atoms with E-state index in [-0.39, 0.29) is 11.5 Å². The number of carbonyl (C=O) groups is 1. The number of amides is 1. The molecule has 1 unspecified atom stereocenters. The summed E-state index contributed by atoms with van der Waals surface area (Å²) < 4.78 is 5.26. The molecule has 3 rings (SSSR count). The lowest BCUT2D eigenvalue weighted by molar-refractivity contribution is 0.0959. The molecule has 2 aromatic carbocycles. The summed E-state index contributed by atoms with van der Waals surface area (Å²) in [5.74, 6) is 0. The number of rotatable bonds is 2. The van der Waals surface area contributed by atoms with Crippen molar-refractivity contribution in [2.24, 2.45) is 5.73 Å². The van der Waals surface area contributed by atoms with E-state index in [9.17, 15) is 4.79 Å². The van der Waals surface area contributed by atoms with Crippen LogP contribution in [0.3, 0.4) is 0 Å². The van der Waals surface area contributed by atoms with Gasteiger partial charge in [-0.3, -0.25) is 0 Å². The number of hydrogen-bond donors (Lipinski definition) is 1. The Morgan fingerprint density at radius 2 is 1.75 bits per heavy atom. The molecule has 0 saturated heterocycles. The van der Waals surface area contributed by atoms with E-state index in [4.69, 9.17) is 10.5 Å². The largest absolute Gasteiger partial charge is 0.442 e. The van der Waals surface area contributed by atoms with E-state index < -0.39 is 6.09 Å². The van der Waals surface area contributed by atoms with Gasteiger partial charge in [0.25, 0.3) is 0 Å². The predicted molar refractivity (Wildman–Crippen MR) is 96.9 cm³/mol.